The Labute approximate surface area is 118 Å². The lowest BCUT2D eigenvalue weighted by Gasteiger charge is -2.15. The highest BCUT2D eigenvalue weighted by Crippen LogP contribution is 2.36. The lowest BCUT2D eigenvalue weighted by Crippen LogP contribution is -2.42. The normalized spacial score (nSPS) is 25.2. The van der Waals surface area contributed by atoms with Crippen LogP contribution < -0.4 is 10.6 Å². The molecule has 1 unspecified atom stereocenters. The molecule has 1 saturated carbocycles. The highest BCUT2D eigenvalue weighted by Gasteiger charge is 2.41. The van der Waals surface area contributed by atoms with Crippen LogP contribution in [0.3, 0.4) is 0 Å². The van der Waals surface area contributed by atoms with Gasteiger partial charge in [-0.3, -0.25) is 14.4 Å². The lowest BCUT2D eigenvalue weighted by atomic mass is 9.95. The first-order chi connectivity index (χ1) is 9.45. The number of carbonyl (C=O) groups excluding carboxylic acids is 2. The molecule has 1 aliphatic rings. The molecule has 20 heavy (non-hydrogen) atoms. The predicted molar refractivity (Wildman–Crippen MR) is 70.9 cm³/mol. The van der Waals surface area contributed by atoms with E-state index in [-0.39, 0.29) is 24.3 Å². The van der Waals surface area contributed by atoms with E-state index in [1.165, 1.54) is 7.11 Å². The van der Waals surface area contributed by atoms with Crippen molar-refractivity contribution in [1.29, 1.82) is 0 Å². The number of aliphatic carboxylic acids is 1. The van der Waals surface area contributed by atoms with E-state index in [4.69, 9.17) is 9.84 Å². The number of rotatable bonds is 7. The Morgan fingerprint density at radius 2 is 1.85 bits per heavy atom. The minimum absolute atomic E-state index is 0.139. The Morgan fingerprint density at radius 3 is 2.45 bits per heavy atom. The smallest absolute Gasteiger partial charge is 0.307 e. The van der Waals surface area contributed by atoms with E-state index >= 15 is 0 Å². The van der Waals surface area contributed by atoms with Gasteiger partial charge in [0.15, 0.2) is 0 Å². The Kier molecular flexibility index (Phi) is 6.44. The summed E-state index contributed by atoms with van der Waals surface area (Å²) in [7, 11) is 1.53. The number of amides is 2. The van der Waals surface area contributed by atoms with Crippen LogP contribution in [0.15, 0.2) is 0 Å². The minimum atomic E-state index is -0.945. The zero-order chi connectivity index (χ0) is 15.1. The van der Waals surface area contributed by atoms with Crippen LogP contribution in [0.5, 0.6) is 0 Å². The Bertz CT molecular complexity index is 372. The molecule has 0 aromatic rings. The molecule has 3 atom stereocenters. The molecule has 0 bridgehead atoms. The van der Waals surface area contributed by atoms with Crippen LogP contribution in [-0.4, -0.2) is 49.7 Å². The van der Waals surface area contributed by atoms with E-state index in [2.05, 4.69) is 10.6 Å². The van der Waals surface area contributed by atoms with Gasteiger partial charge in [0.05, 0.1) is 25.0 Å². The van der Waals surface area contributed by atoms with E-state index in [1.54, 1.807) is 0 Å². The van der Waals surface area contributed by atoms with Crippen molar-refractivity contribution in [3.63, 3.8) is 0 Å². The maximum Gasteiger partial charge on any atom is 0.307 e. The summed E-state index contributed by atoms with van der Waals surface area (Å²) < 4.78 is 4.78. The van der Waals surface area contributed by atoms with Gasteiger partial charge in [-0.05, 0) is 18.8 Å². The van der Waals surface area contributed by atoms with Gasteiger partial charge in [0.1, 0.15) is 0 Å². The number of ether oxygens (including phenoxy) is 1. The van der Waals surface area contributed by atoms with Crippen LogP contribution in [0.1, 0.15) is 19.8 Å². The van der Waals surface area contributed by atoms with Gasteiger partial charge in [-0.2, -0.15) is 0 Å². The summed E-state index contributed by atoms with van der Waals surface area (Å²) in [6, 6.07) is 0. The van der Waals surface area contributed by atoms with E-state index < -0.39 is 17.8 Å². The summed E-state index contributed by atoms with van der Waals surface area (Å²) in [6.07, 6.45) is 1.06. The van der Waals surface area contributed by atoms with E-state index in [9.17, 15) is 14.4 Å². The third kappa shape index (κ3) is 4.80. The van der Waals surface area contributed by atoms with Gasteiger partial charge in [-0.25, -0.2) is 0 Å². The fourth-order valence-corrected chi connectivity index (χ4v) is 2.51. The van der Waals surface area contributed by atoms with Crippen molar-refractivity contribution < 1.29 is 24.2 Å². The molecule has 1 aliphatic carbocycles. The van der Waals surface area contributed by atoms with Crippen LogP contribution >= 0.6 is 0 Å². The highest BCUT2D eigenvalue weighted by atomic mass is 16.5. The maximum absolute atomic E-state index is 12.0. The molecule has 0 spiro atoms. The minimum Gasteiger partial charge on any atom is -0.481 e. The Morgan fingerprint density at radius 1 is 1.20 bits per heavy atom. The second-order valence-electron chi connectivity index (χ2n) is 5.19. The molecule has 7 heteroatoms. The fourth-order valence-electron chi connectivity index (χ4n) is 2.51. The zero-order valence-electron chi connectivity index (χ0n) is 11.8. The molecule has 0 saturated heterocycles. The first kappa shape index (κ1) is 16.4. The molecular weight excluding hydrogens is 264 g/mol. The van der Waals surface area contributed by atoms with Crippen LogP contribution in [0.2, 0.25) is 0 Å². The highest BCUT2D eigenvalue weighted by molar-refractivity contribution is 5.88. The average molecular weight is 286 g/mol. The summed E-state index contributed by atoms with van der Waals surface area (Å²) in [5.41, 5.74) is 0. The average Bonchev–Trinajstić information content (AvgIpc) is 2.78. The number of hydrogen-bond donors (Lipinski definition) is 3. The number of hydrogen-bond acceptors (Lipinski definition) is 4. The predicted octanol–water partition coefficient (Wildman–Crippen LogP) is -0.388. The van der Waals surface area contributed by atoms with Crippen molar-refractivity contribution in [3.8, 4) is 0 Å². The number of nitrogens with one attached hydrogen (secondary N) is 2. The zero-order valence-corrected chi connectivity index (χ0v) is 11.8. The van der Waals surface area contributed by atoms with Crippen molar-refractivity contribution in [2.75, 3.05) is 26.8 Å². The molecule has 7 nitrogen and oxygen atoms in total. The first-order valence-electron chi connectivity index (χ1n) is 6.71. The fraction of sp³-hybridized carbons (Fsp3) is 0.769. The van der Waals surface area contributed by atoms with Crippen molar-refractivity contribution >= 4 is 17.8 Å². The van der Waals surface area contributed by atoms with Crippen molar-refractivity contribution in [1.82, 2.24) is 10.6 Å². The lowest BCUT2D eigenvalue weighted by molar-refractivity contribution is -0.146. The summed E-state index contributed by atoms with van der Waals surface area (Å²) >= 11 is 0. The van der Waals surface area contributed by atoms with Gasteiger partial charge in [0, 0.05) is 13.7 Å². The van der Waals surface area contributed by atoms with Gasteiger partial charge in [0.2, 0.25) is 11.8 Å². The Balaban J connectivity index is 2.38. The monoisotopic (exact) mass is 286 g/mol. The molecule has 0 aromatic heterocycles. The number of methoxy groups -OCH3 is 1. The topological polar surface area (TPSA) is 105 Å². The molecular formula is C13H22N2O5. The molecule has 0 heterocycles. The van der Waals surface area contributed by atoms with Crippen molar-refractivity contribution in [2.24, 2.45) is 17.8 Å². The number of carboxylic acids is 1. The second kappa shape index (κ2) is 7.84. The molecule has 0 aromatic carbocycles. The SMILES string of the molecule is COCCNC(=O)CNC(=O)[C@H]1CC(C)C[C@H]1C(=O)O. The summed E-state index contributed by atoms with van der Waals surface area (Å²) in [5.74, 6) is -2.60. The van der Waals surface area contributed by atoms with Gasteiger partial charge >= 0.3 is 5.97 Å². The van der Waals surface area contributed by atoms with E-state index in [0.717, 1.165) is 0 Å². The van der Waals surface area contributed by atoms with Crippen LogP contribution in [0, 0.1) is 17.8 Å². The summed E-state index contributed by atoms with van der Waals surface area (Å²) in [4.78, 5) is 34.5. The summed E-state index contributed by atoms with van der Waals surface area (Å²) in [6.45, 7) is 2.57. The van der Waals surface area contributed by atoms with Gasteiger partial charge in [-0.15, -0.1) is 0 Å². The maximum atomic E-state index is 12.0. The van der Waals surface area contributed by atoms with Crippen molar-refractivity contribution in [2.45, 2.75) is 19.8 Å². The molecule has 1 rings (SSSR count). The third-order valence-corrected chi connectivity index (χ3v) is 3.50. The van der Waals surface area contributed by atoms with Crippen LogP contribution in [0.25, 0.3) is 0 Å². The molecule has 0 radical (unpaired) electrons. The van der Waals surface area contributed by atoms with Crippen LogP contribution in [-0.2, 0) is 19.1 Å². The molecule has 0 aliphatic heterocycles. The van der Waals surface area contributed by atoms with Crippen LogP contribution in [0.4, 0.5) is 0 Å². The first-order valence-corrected chi connectivity index (χ1v) is 6.71. The Hall–Kier alpha value is -1.63. The van der Waals surface area contributed by atoms with E-state index in [0.29, 0.717) is 26.0 Å². The second-order valence-corrected chi connectivity index (χ2v) is 5.19. The standard InChI is InChI=1S/C13H22N2O5/c1-8-5-9(10(6-8)13(18)19)12(17)15-7-11(16)14-3-4-20-2/h8-10H,3-7H2,1-2H3,(H,14,16)(H,15,17)(H,18,19)/t8?,9-,10+/m0/s1. The molecule has 114 valence electrons. The van der Waals surface area contributed by atoms with Gasteiger partial charge in [0.25, 0.3) is 0 Å². The van der Waals surface area contributed by atoms with Crippen molar-refractivity contribution in [3.05, 3.63) is 0 Å². The largest absolute Gasteiger partial charge is 0.481 e. The van der Waals surface area contributed by atoms with E-state index in [1.807, 2.05) is 6.92 Å². The third-order valence-electron chi connectivity index (χ3n) is 3.50. The quantitative estimate of drug-likeness (QED) is 0.553. The molecule has 1 fully saturated rings. The summed E-state index contributed by atoms with van der Waals surface area (Å²) in [5, 5.41) is 14.2. The molecule has 2 amide bonds. The molecule has 3 N–H and O–H groups in total. The van der Waals surface area contributed by atoms with Gasteiger partial charge in [-0.1, -0.05) is 6.92 Å². The number of carboxylic acid groups (broad SMARTS) is 1. The number of carbonyl (C=O) groups is 3. The van der Waals surface area contributed by atoms with Gasteiger partial charge < -0.3 is 20.5 Å².